The highest BCUT2D eigenvalue weighted by molar-refractivity contribution is 6.33. The number of piperidine rings is 1. The molecule has 0 unspecified atom stereocenters. The highest BCUT2D eigenvalue weighted by Gasteiger charge is 2.22. The van der Waals surface area contributed by atoms with Crippen molar-refractivity contribution in [2.45, 2.75) is 26.2 Å². The van der Waals surface area contributed by atoms with Gasteiger partial charge in [-0.25, -0.2) is 4.98 Å². The first-order valence-corrected chi connectivity index (χ1v) is 7.50. The molecule has 0 spiro atoms. The van der Waals surface area contributed by atoms with E-state index >= 15 is 0 Å². The minimum atomic E-state index is 0.558. The normalized spacial score (nSPS) is 16.2. The van der Waals surface area contributed by atoms with E-state index in [0.717, 1.165) is 37.1 Å². The van der Waals surface area contributed by atoms with Crippen molar-refractivity contribution in [1.29, 1.82) is 5.26 Å². The van der Waals surface area contributed by atoms with E-state index in [4.69, 9.17) is 16.9 Å². The molecule has 0 bridgehead atoms. The summed E-state index contributed by atoms with van der Waals surface area (Å²) in [7, 11) is 2.00. The molecule has 0 aliphatic carbocycles. The van der Waals surface area contributed by atoms with E-state index in [1.54, 1.807) is 6.07 Å². The van der Waals surface area contributed by atoms with Crippen molar-refractivity contribution >= 4 is 17.4 Å². The molecule has 20 heavy (non-hydrogen) atoms. The van der Waals surface area contributed by atoms with Crippen LogP contribution in [0.2, 0.25) is 5.02 Å². The van der Waals surface area contributed by atoms with Gasteiger partial charge in [-0.05, 0) is 51.8 Å². The predicted molar refractivity (Wildman–Crippen MR) is 82.2 cm³/mol. The average Bonchev–Trinajstić information content (AvgIpc) is 2.47. The molecular formula is C15H21ClN4. The Bertz CT molecular complexity index is 501. The Morgan fingerprint density at radius 3 is 2.80 bits per heavy atom. The number of anilines is 1. The molecule has 108 valence electrons. The lowest BCUT2D eigenvalue weighted by Crippen LogP contribution is -2.35. The second-order valence-corrected chi connectivity index (χ2v) is 5.77. The number of hydrogen-bond donors (Lipinski definition) is 1. The van der Waals surface area contributed by atoms with Gasteiger partial charge in [0.1, 0.15) is 11.9 Å². The first kappa shape index (κ1) is 15.1. The quantitative estimate of drug-likeness (QED) is 0.927. The van der Waals surface area contributed by atoms with E-state index in [1.807, 2.05) is 14.0 Å². The molecule has 1 N–H and O–H groups in total. The summed E-state index contributed by atoms with van der Waals surface area (Å²) < 4.78 is 0. The molecule has 4 nitrogen and oxygen atoms in total. The second-order valence-electron chi connectivity index (χ2n) is 5.36. The van der Waals surface area contributed by atoms with Gasteiger partial charge in [0.15, 0.2) is 0 Å². The predicted octanol–water partition coefficient (Wildman–Crippen LogP) is 2.74. The Balaban J connectivity index is 2.04. The number of aromatic nitrogens is 1. The number of pyridine rings is 1. The monoisotopic (exact) mass is 292 g/mol. The summed E-state index contributed by atoms with van der Waals surface area (Å²) in [5, 5.41) is 12.8. The van der Waals surface area contributed by atoms with Crippen molar-refractivity contribution in [1.82, 2.24) is 10.3 Å². The molecule has 0 saturated carbocycles. The molecule has 1 aliphatic heterocycles. The molecule has 1 aromatic rings. The fraction of sp³-hybridized carbons (Fsp3) is 0.600. The Kier molecular flexibility index (Phi) is 5.22. The maximum atomic E-state index is 8.99. The number of nitrogens with one attached hydrogen (secondary N) is 1. The lowest BCUT2D eigenvalue weighted by molar-refractivity contribution is 0.377. The van der Waals surface area contributed by atoms with Crippen molar-refractivity contribution in [2.75, 3.05) is 31.6 Å². The molecule has 1 fully saturated rings. The molecule has 0 aromatic carbocycles. The molecule has 5 heteroatoms. The van der Waals surface area contributed by atoms with Crippen molar-refractivity contribution in [3.05, 3.63) is 22.3 Å². The molecule has 1 aliphatic rings. The van der Waals surface area contributed by atoms with E-state index in [2.05, 4.69) is 21.3 Å². The number of hydrogen-bond acceptors (Lipinski definition) is 4. The Morgan fingerprint density at radius 2 is 2.20 bits per heavy atom. The summed E-state index contributed by atoms with van der Waals surface area (Å²) in [6.45, 7) is 4.93. The number of aryl methyl sites for hydroxylation is 1. The average molecular weight is 293 g/mol. The zero-order valence-electron chi connectivity index (χ0n) is 12.1. The van der Waals surface area contributed by atoms with Crippen LogP contribution in [0.4, 0.5) is 5.82 Å². The van der Waals surface area contributed by atoms with Crippen LogP contribution in [0.1, 0.15) is 30.5 Å². The van der Waals surface area contributed by atoms with Crippen LogP contribution >= 0.6 is 11.6 Å². The fourth-order valence-electron chi connectivity index (χ4n) is 2.69. The summed E-state index contributed by atoms with van der Waals surface area (Å²) in [6.07, 6.45) is 3.59. The van der Waals surface area contributed by atoms with Crippen molar-refractivity contribution in [2.24, 2.45) is 5.92 Å². The number of rotatable bonds is 4. The van der Waals surface area contributed by atoms with Gasteiger partial charge in [0, 0.05) is 13.1 Å². The summed E-state index contributed by atoms with van der Waals surface area (Å²) in [4.78, 5) is 6.76. The Hall–Kier alpha value is -1.31. The molecular weight excluding hydrogens is 272 g/mol. The minimum absolute atomic E-state index is 0.558. The van der Waals surface area contributed by atoms with Crippen LogP contribution in [0.25, 0.3) is 0 Å². The number of nitriles is 1. The molecule has 2 heterocycles. The molecule has 2 rings (SSSR count). The van der Waals surface area contributed by atoms with E-state index in [9.17, 15) is 0 Å². The van der Waals surface area contributed by atoms with Gasteiger partial charge in [-0.15, -0.1) is 0 Å². The van der Waals surface area contributed by atoms with Crippen LogP contribution in [0, 0.1) is 24.2 Å². The van der Waals surface area contributed by atoms with Gasteiger partial charge in [-0.2, -0.15) is 5.26 Å². The smallest absolute Gasteiger partial charge is 0.147 e. The standard InChI is InChI=1S/C15H21ClN4/c1-11-13(10-17)9-14(16)15(19-11)20-7-4-12(5-8-20)3-6-18-2/h9,12,18H,3-8H2,1-2H3. The van der Waals surface area contributed by atoms with Crippen LogP contribution in [0.5, 0.6) is 0 Å². The van der Waals surface area contributed by atoms with E-state index in [-0.39, 0.29) is 0 Å². The fourth-order valence-corrected chi connectivity index (χ4v) is 2.96. The molecule has 1 saturated heterocycles. The van der Waals surface area contributed by atoms with Crippen molar-refractivity contribution in [3.63, 3.8) is 0 Å². The molecule has 0 atom stereocenters. The maximum absolute atomic E-state index is 8.99. The van der Waals surface area contributed by atoms with Gasteiger partial charge in [-0.3, -0.25) is 0 Å². The molecule has 0 amide bonds. The highest BCUT2D eigenvalue weighted by atomic mass is 35.5. The maximum Gasteiger partial charge on any atom is 0.147 e. The number of halogens is 1. The van der Waals surface area contributed by atoms with Gasteiger partial charge in [-0.1, -0.05) is 11.6 Å². The van der Waals surface area contributed by atoms with Crippen LogP contribution in [-0.2, 0) is 0 Å². The zero-order chi connectivity index (χ0) is 14.5. The Morgan fingerprint density at radius 1 is 1.50 bits per heavy atom. The second kappa shape index (κ2) is 6.92. The van der Waals surface area contributed by atoms with Gasteiger partial charge < -0.3 is 10.2 Å². The summed E-state index contributed by atoms with van der Waals surface area (Å²) >= 11 is 6.27. The summed E-state index contributed by atoms with van der Waals surface area (Å²) in [5.41, 5.74) is 1.31. The van der Waals surface area contributed by atoms with E-state index in [1.165, 1.54) is 19.3 Å². The zero-order valence-corrected chi connectivity index (χ0v) is 12.9. The van der Waals surface area contributed by atoms with Crippen LogP contribution in [0.3, 0.4) is 0 Å². The largest absolute Gasteiger partial charge is 0.355 e. The van der Waals surface area contributed by atoms with Gasteiger partial charge in [0.2, 0.25) is 0 Å². The lowest BCUT2D eigenvalue weighted by Gasteiger charge is -2.33. The molecule has 0 radical (unpaired) electrons. The van der Waals surface area contributed by atoms with Gasteiger partial charge in [0.25, 0.3) is 0 Å². The first-order valence-electron chi connectivity index (χ1n) is 7.12. The number of nitrogens with zero attached hydrogens (tertiary/aromatic N) is 3. The minimum Gasteiger partial charge on any atom is -0.355 e. The van der Waals surface area contributed by atoms with Gasteiger partial charge >= 0.3 is 0 Å². The Labute approximate surface area is 125 Å². The van der Waals surface area contributed by atoms with Crippen LogP contribution < -0.4 is 10.2 Å². The summed E-state index contributed by atoms with van der Waals surface area (Å²) in [5.74, 6) is 1.62. The highest BCUT2D eigenvalue weighted by Crippen LogP contribution is 2.30. The third-order valence-electron chi connectivity index (χ3n) is 3.99. The summed E-state index contributed by atoms with van der Waals surface area (Å²) in [6, 6.07) is 3.85. The van der Waals surface area contributed by atoms with Crippen molar-refractivity contribution in [3.8, 4) is 6.07 Å². The molecule has 1 aromatic heterocycles. The SMILES string of the molecule is CNCCC1CCN(c2nc(C)c(C#N)cc2Cl)CC1. The van der Waals surface area contributed by atoms with Gasteiger partial charge in [0.05, 0.1) is 16.3 Å². The van der Waals surface area contributed by atoms with Crippen LogP contribution in [-0.4, -0.2) is 31.7 Å². The third kappa shape index (κ3) is 3.41. The van der Waals surface area contributed by atoms with Crippen LogP contribution in [0.15, 0.2) is 6.07 Å². The van der Waals surface area contributed by atoms with E-state index < -0.39 is 0 Å². The topological polar surface area (TPSA) is 52.0 Å². The van der Waals surface area contributed by atoms with E-state index in [0.29, 0.717) is 10.6 Å². The first-order chi connectivity index (χ1) is 9.65. The third-order valence-corrected chi connectivity index (χ3v) is 4.26. The van der Waals surface area contributed by atoms with Crippen molar-refractivity contribution < 1.29 is 0 Å². The lowest BCUT2D eigenvalue weighted by atomic mass is 9.93.